The van der Waals surface area contributed by atoms with E-state index in [-0.39, 0.29) is 18.7 Å². The lowest BCUT2D eigenvalue weighted by molar-refractivity contribution is 0.0949. The van der Waals surface area contributed by atoms with E-state index < -0.39 is 6.10 Å². The normalized spacial score (nSPS) is 19.3. The van der Waals surface area contributed by atoms with Gasteiger partial charge in [-0.1, -0.05) is 48.5 Å². The van der Waals surface area contributed by atoms with Gasteiger partial charge in [0.1, 0.15) is 18.5 Å². The molecule has 2 unspecified atom stereocenters. The van der Waals surface area contributed by atoms with Gasteiger partial charge in [0.05, 0.1) is 5.56 Å². The van der Waals surface area contributed by atoms with Gasteiger partial charge in [-0.05, 0) is 35.4 Å². The van der Waals surface area contributed by atoms with E-state index in [0.29, 0.717) is 29.4 Å². The van der Waals surface area contributed by atoms with Crippen LogP contribution in [-0.2, 0) is 11.3 Å². The lowest BCUT2D eigenvalue weighted by atomic mass is 10.0. The molecular formula is C23H18O5. The molecule has 0 aliphatic carbocycles. The Morgan fingerprint density at radius 3 is 2.61 bits per heavy atom. The van der Waals surface area contributed by atoms with Gasteiger partial charge in [-0.2, -0.15) is 0 Å². The Balaban J connectivity index is 1.31. The summed E-state index contributed by atoms with van der Waals surface area (Å²) in [6.07, 6.45) is -0.786. The number of ketones is 1. The first-order chi connectivity index (χ1) is 13.8. The van der Waals surface area contributed by atoms with Gasteiger partial charge in [0.25, 0.3) is 0 Å². The molecular weight excluding hydrogens is 356 g/mol. The molecule has 28 heavy (non-hydrogen) atoms. The summed E-state index contributed by atoms with van der Waals surface area (Å²) < 4.78 is 22.3. The molecule has 0 spiro atoms. The second kappa shape index (κ2) is 7.02. The first-order valence-corrected chi connectivity index (χ1v) is 9.14. The minimum absolute atomic E-state index is 0.0775. The highest BCUT2D eigenvalue weighted by Crippen LogP contribution is 2.45. The van der Waals surface area contributed by atoms with E-state index in [9.17, 15) is 4.79 Å². The second-order valence-corrected chi connectivity index (χ2v) is 6.72. The molecule has 3 aromatic rings. The van der Waals surface area contributed by atoms with Crippen molar-refractivity contribution in [3.63, 3.8) is 0 Å². The smallest absolute Gasteiger partial charge is 0.231 e. The number of carbonyl (C=O) groups excluding carboxylic acids is 1. The van der Waals surface area contributed by atoms with Gasteiger partial charge in [0, 0.05) is 0 Å². The molecule has 3 aromatic carbocycles. The van der Waals surface area contributed by atoms with Gasteiger partial charge in [-0.15, -0.1) is 0 Å². The Kier molecular flexibility index (Phi) is 4.22. The largest absolute Gasteiger partial charge is 0.488 e. The first kappa shape index (κ1) is 16.8. The van der Waals surface area contributed by atoms with Crippen LogP contribution in [0.3, 0.4) is 0 Å². The predicted octanol–water partition coefficient (Wildman–Crippen LogP) is 4.32. The maximum Gasteiger partial charge on any atom is 0.231 e. The Bertz CT molecular complexity index is 1010. The zero-order valence-electron chi connectivity index (χ0n) is 15.0. The van der Waals surface area contributed by atoms with Gasteiger partial charge >= 0.3 is 0 Å². The molecule has 0 amide bonds. The number of Topliss-reactive ketones (excluding diaryl/α,β-unsaturated/α-hetero) is 1. The van der Waals surface area contributed by atoms with Crippen LogP contribution >= 0.6 is 0 Å². The standard InChI is InChI=1S/C23H18O5/c24-21(23-22(28-23)16-10-11-19-20(12-16)27-14-26-19)17-8-4-5-9-18(17)25-13-15-6-2-1-3-7-15/h1-12,22-23H,13-14H2. The molecule has 5 nitrogen and oxygen atoms in total. The van der Waals surface area contributed by atoms with Gasteiger partial charge in [-0.25, -0.2) is 0 Å². The fraction of sp³-hybridized carbons (Fsp3) is 0.174. The lowest BCUT2D eigenvalue weighted by Crippen LogP contribution is -2.10. The molecule has 5 heteroatoms. The van der Waals surface area contributed by atoms with Crippen molar-refractivity contribution in [1.82, 2.24) is 0 Å². The summed E-state index contributed by atoms with van der Waals surface area (Å²) in [7, 11) is 0. The van der Waals surface area contributed by atoms with Crippen LogP contribution in [0, 0.1) is 0 Å². The molecule has 1 fully saturated rings. The Labute approximate surface area is 162 Å². The minimum Gasteiger partial charge on any atom is -0.488 e. The van der Waals surface area contributed by atoms with Crippen molar-refractivity contribution < 1.29 is 23.7 Å². The summed E-state index contributed by atoms with van der Waals surface area (Å²) in [6.45, 7) is 0.626. The highest BCUT2D eigenvalue weighted by molar-refractivity contribution is 6.03. The zero-order chi connectivity index (χ0) is 18.9. The number of para-hydroxylation sites is 1. The second-order valence-electron chi connectivity index (χ2n) is 6.72. The minimum atomic E-state index is -0.512. The molecule has 5 rings (SSSR count). The SMILES string of the molecule is O=C(c1ccccc1OCc1ccccc1)C1OC1c1ccc2c(c1)OCO2. The van der Waals surface area contributed by atoms with Crippen LogP contribution in [-0.4, -0.2) is 18.7 Å². The maximum absolute atomic E-state index is 13.0. The molecule has 2 aliphatic heterocycles. The fourth-order valence-electron chi connectivity index (χ4n) is 3.34. The van der Waals surface area contributed by atoms with Crippen LogP contribution in [0.25, 0.3) is 0 Å². The van der Waals surface area contributed by atoms with Crippen molar-refractivity contribution in [2.75, 3.05) is 6.79 Å². The van der Waals surface area contributed by atoms with Gasteiger partial charge in [-0.3, -0.25) is 4.79 Å². The van der Waals surface area contributed by atoms with Gasteiger partial charge < -0.3 is 18.9 Å². The number of epoxide rings is 1. The molecule has 0 bridgehead atoms. The number of hydrogen-bond donors (Lipinski definition) is 0. The average molecular weight is 374 g/mol. The monoisotopic (exact) mass is 374 g/mol. The molecule has 0 N–H and O–H groups in total. The Hall–Kier alpha value is -3.31. The molecule has 1 saturated heterocycles. The zero-order valence-corrected chi connectivity index (χ0v) is 15.0. The van der Waals surface area contributed by atoms with Crippen molar-refractivity contribution in [3.8, 4) is 17.2 Å². The highest BCUT2D eigenvalue weighted by atomic mass is 16.7. The summed E-state index contributed by atoms with van der Waals surface area (Å²) in [6, 6.07) is 22.8. The van der Waals surface area contributed by atoms with Crippen LogP contribution in [0.5, 0.6) is 17.2 Å². The summed E-state index contributed by atoms with van der Waals surface area (Å²) in [4.78, 5) is 13.0. The van der Waals surface area contributed by atoms with Gasteiger partial charge in [0.15, 0.2) is 23.4 Å². The van der Waals surface area contributed by atoms with Crippen molar-refractivity contribution in [2.24, 2.45) is 0 Å². The summed E-state index contributed by atoms with van der Waals surface area (Å²) in [5.74, 6) is 1.89. The topological polar surface area (TPSA) is 57.3 Å². The molecule has 0 saturated carbocycles. The van der Waals surface area contributed by atoms with Crippen molar-refractivity contribution in [2.45, 2.75) is 18.8 Å². The van der Waals surface area contributed by atoms with Crippen LogP contribution < -0.4 is 14.2 Å². The third kappa shape index (κ3) is 3.21. The molecule has 2 atom stereocenters. The van der Waals surface area contributed by atoms with Crippen molar-refractivity contribution >= 4 is 5.78 Å². The van der Waals surface area contributed by atoms with Crippen molar-refractivity contribution in [3.05, 3.63) is 89.5 Å². The Morgan fingerprint density at radius 2 is 1.71 bits per heavy atom. The highest BCUT2D eigenvalue weighted by Gasteiger charge is 2.47. The van der Waals surface area contributed by atoms with Crippen molar-refractivity contribution in [1.29, 1.82) is 0 Å². The van der Waals surface area contributed by atoms with E-state index >= 15 is 0 Å². The number of hydrogen-bond acceptors (Lipinski definition) is 5. The van der Waals surface area contributed by atoms with Crippen LogP contribution in [0.1, 0.15) is 27.6 Å². The number of ether oxygens (including phenoxy) is 4. The van der Waals surface area contributed by atoms with Crippen LogP contribution in [0.15, 0.2) is 72.8 Å². The fourth-order valence-corrected chi connectivity index (χ4v) is 3.34. The average Bonchev–Trinajstić information content (AvgIpc) is 3.41. The Morgan fingerprint density at radius 1 is 0.929 bits per heavy atom. The third-order valence-corrected chi connectivity index (χ3v) is 4.86. The third-order valence-electron chi connectivity index (χ3n) is 4.86. The quantitative estimate of drug-likeness (QED) is 0.475. The van der Waals surface area contributed by atoms with E-state index in [1.165, 1.54) is 0 Å². The summed E-state index contributed by atoms with van der Waals surface area (Å²) >= 11 is 0. The van der Waals surface area contributed by atoms with E-state index in [2.05, 4.69) is 0 Å². The summed E-state index contributed by atoms with van der Waals surface area (Å²) in [5, 5.41) is 0. The van der Waals surface area contributed by atoms with Gasteiger partial charge in [0.2, 0.25) is 6.79 Å². The number of fused-ring (bicyclic) bond motifs is 1. The number of rotatable bonds is 6. The molecule has 2 aliphatic rings. The van der Waals surface area contributed by atoms with E-state index in [4.69, 9.17) is 18.9 Å². The van der Waals surface area contributed by atoms with Crippen LogP contribution in [0.4, 0.5) is 0 Å². The number of benzene rings is 3. The van der Waals surface area contributed by atoms with Crippen LogP contribution in [0.2, 0.25) is 0 Å². The number of carbonyl (C=O) groups is 1. The first-order valence-electron chi connectivity index (χ1n) is 9.14. The lowest BCUT2D eigenvalue weighted by Gasteiger charge is -2.10. The summed E-state index contributed by atoms with van der Waals surface area (Å²) in [5.41, 5.74) is 2.49. The predicted molar refractivity (Wildman–Crippen MR) is 102 cm³/mol. The van der Waals surface area contributed by atoms with E-state index in [0.717, 1.165) is 11.1 Å². The van der Waals surface area contributed by atoms with E-state index in [1.807, 2.05) is 66.7 Å². The molecule has 0 aromatic heterocycles. The maximum atomic E-state index is 13.0. The molecule has 140 valence electrons. The molecule has 0 radical (unpaired) electrons. The molecule has 2 heterocycles. The van der Waals surface area contributed by atoms with E-state index in [1.54, 1.807) is 6.07 Å².